The van der Waals surface area contributed by atoms with Crippen LogP contribution >= 0.6 is 34.0 Å². The third-order valence-corrected chi connectivity index (χ3v) is 11.8. The fourth-order valence-electron chi connectivity index (χ4n) is 8.43. The normalized spacial score (nSPS) is 10.6. The van der Waals surface area contributed by atoms with Gasteiger partial charge in [0.05, 0.1) is 60.5 Å². The van der Waals surface area contributed by atoms with Crippen molar-refractivity contribution in [3.63, 3.8) is 0 Å². The van der Waals surface area contributed by atoms with Crippen molar-refractivity contribution >= 4 is 69.3 Å². The molecule has 0 saturated heterocycles. The minimum atomic E-state index is -0.203. The summed E-state index contributed by atoms with van der Waals surface area (Å²) in [4.78, 5) is 46.1. The molecule has 0 spiro atoms. The van der Waals surface area contributed by atoms with Gasteiger partial charge in [0.2, 0.25) is 23.3 Å². The first kappa shape index (κ1) is 61.2. The SMILES string of the molecule is Br.Br.COc1nc(-c2ccccc2)cc(C(=O)C=Nc2c(C(C)C)cccc2C(C)C)c1-c1ccccc1.COc1nc(-c2ccccc2)cc(C(=O)C=Nc2c(C)cc(C)cc2C)c1-c1ccccc1.[Cu].[Fe]. The molecule has 0 unspecified atom stereocenters. The second kappa shape index (κ2) is 29.0. The monoisotopic (exact) mass is 1190 g/mol. The number of aryl methyl sites for hydroxylation is 3. The van der Waals surface area contributed by atoms with Gasteiger partial charge in [0, 0.05) is 56.4 Å². The summed E-state index contributed by atoms with van der Waals surface area (Å²) in [6.45, 7) is 14.7. The van der Waals surface area contributed by atoms with Gasteiger partial charge in [0.25, 0.3) is 0 Å². The van der Waals surface area contributed by atoms with Crippen LogP contribution < -0.4 is 9.47 Å². The van der Waals surface area contributed by atoms with Gasteiger partial charge in [-0.25, -0.2) is 9.97 Å². The number of carbonyl (C=O) groups excluding carboxylic acids is 2. The van der Waals surface area contributed by atoms with E-state index in [4.69, 9.17) is 24.4 Å². The smallest absolute Gasteiger partial charge is 0.222 e. The first-order valence-electron chi connectivity index (χ1n) is 23.2. The number of nitrogens with zero attached hydrogens (tertiary/aromatic N) is 4. The maximum absolute atomic E-state index is 13.8. The molecule has 1 radical (unpaired) electrons. The Labute approximate surface area is 472 Å². The number of aromatic nitrogens is 2. The number of hydrogen-bond acceptors (Lipinski definition) is 8. The predicted octanol–water partition coefficient (Wildman–Crippen LogP) is 16.3. The van der Waals surface area contributed by atoms with Crippen LogP contribution in [0.3, 0.4) is 0 Å². The summed E-state index contributed by atoms with van der Waals surface area (Å²) >= 11 is 0. The van der Waals surface area contributed by atoms with E-state index in [1.807, 2.05) is 147 Å². The summed E-state index contributed by atoms with van der Waals surface area (Å²) in [7, 11) is 3.16. The van der Waals surface area contributed by atoms with Crippen molar-refractivity contribution in [2.45, 2.75) is 60.3 Å². The number of rotatable bonds is 14. The van der Waals surface area contributed by atoms with Gasteiger partial charge in [-0.05, 0) is 78.1 Å². The van der Waals surface area contributed by atoms with Crippen LogP contribution in [0.2, 0.25) is 0 Å². The van der Waals surface area contributed by atoms with Gasteiger partial charge in [-0.3, -0.25) is 19.6 Å². The molecular formula is C61H60Br2CuFeN4O4. The van der Waals surface area contributed by atoms with Crippen LogP contribution in [0.25, 0.3) is 44.8 Å². The summed E-state index contributed by atoms with van der Waals surface area (Å²) < 4.78 is 11.4. The van der Waals surface area contributed by atoms with E-state index >= 15 is 0 Å². The summed E-state index contributed by atoms with van der Waals surface area (Å²) in [5.41, 5.74) is 14.4. The Morgan fingerprint density at radius 3 is 1.14 bits per heavy atom. The molecule has 8 aromatic rings. The second-order valence-electron chi connectivity index (χ2n) is 17.4. The average molecular weight is 1190 g/mol. The number of halogens is 2. The van der Waals surface area contributed by atoms with Crippen molar-refractivity contribution in [1.82, 2.24) is 9.97 Å². The van der Waals surface area contributed by atoms with Gasteiger partial charge in [-0.1, -0.05) is 185 Å². The first-order chi connectivity index (χ1) is 33.4. The maximum Gasteiger partial charge on any atom is 0.222 e. The number of ketones is 2. The molecule has 0 aliphatic heterocycles. The summed E-state index contributed by atoms with van der Waals surface area (Å²) in [5.74, 6) is 0.992. The zero-order valence-corrected chi connectivity index (χ0v) is 47.8. The van der Waals surface area contributed by atoms with Crippen LogP contribution in [-0.2, 0) is 34.1 Å². The molecule has 6 aromatic carbocycles. The van der Waals surface area contributed by atoms with Crippen molar-refractivity contribution in [2.24, 2.45) is 9.98 Å². The van der Waals surface area contributed by atoms with E-state index in [0.29, 0.717) is 45.4 Å². The van der Waals surface area contributed by atoms with Crippen LogP contribution in [0.5, 0.6) is 11.8 Å². The number of aliphatic imine (C=N–C) groups is 2. The van der Waals surface area contributed by atoms with Crippen molar-refractivity contribution in [3.05, 3.63) is 203 Å². The third kappa shape index (κ3) is 15.0. The van der Waals surface area contributed by atoms with Crippen molar-refractivity contribution in [3.8, 4) is 56.5 Å². The summed E-state index contributed by atoms with van der Waals surface area (Å²) in [6.07, 6.45) is 2.85. The summed E-state index contributed by atoms with van der Waals surface area (Å²) in [5, 5.41) is 0. The zero-order valence-electron chi connectivity index (χ0n) is 42.3. The average Bonchev–Trinajstić information content (AvgIpc) is 3.37. The number of pyridine rings is 2. The number of carbonyl (C=O) groups is 2. The third-order valence-electron chi connectivity index (χ3n) is 11.8. The molecule has 0 saturated carbocycles. The minimum Gasteiger partial charge on any atom is -0.481 e. The molecule has 0 amide bonds. The quantitative estimate of drug-likeness (QED) is 0.0610. The molecular weight excluding hydrogens is 1130 g/mol. The standard InChI is InChI=1S/C32H32N2O2.C29H26N2O2.2BrH.Cu.Fe/c1-21(2)25-17-12-18-26(22(3)4)31(25)33-20-29(35)27-19-28(23-13-8-6-9-14-23)34-32(36-5)30(27)24-15-10-7-11-16-24;1-19-15-20(2)28(21(3)16-19)30-18-26(32)24-17-25(22-11-7-5-8-12-22)31-29(33-4)27(24)23-13-9-6-10-14-23;;;;/h6-22H,1-5H3;5-18H,1-4H3;2*1H;;. The van der Waals surface area contributed by atoms with Gasteiger partial charge in [-0.2, -0.15) is 0 Å². The summed E-state index contributed by atoms with van der Waals surface area (Å²) in [6, 6.07) is 53.1. The number of Topliss-reactive ketones (excluding diaryl/α,β-unsaturated/α-hetero) is 2. The van der Waals surface area contributed by atoms with Crippen LogP contribution in [0.4, 0.5) is 11.4 Å². The molecule has 8 rings (SSSR count). The van der Waals surface area contributed by atoms with Crippen molar-refractivity contribution in [1.29, 1.82) is 0 Å². The van der Waals surface area contributed by atoms with Gasteiger partial charge < -0.3 is 9.47 Å². The molecule has 73 heavy (non-hydrogen) atoms. The molecule has 0 aliphatic rings. The van der Waals surface area contributed by atoms with E-state index in [1.165, 1.54) is 18.0 Å². The molecule has 0 N–H and O–H groups in total. The van der Waals surface area contributed by atoms with E-state index in [9.17, 15) is 9.59 Å². The number of ether oxygens (including phenoxy) is 2. The van der Waals surface area contributed by atoms with Crippen LogP contribution in [0, 0.1) is 20.8 Å². The molecule has 0 atom stereocenters. The van der Waals surface area contributed by atoms with Gasteiger partial charge in [0.15, 0.2) is 0 Å². The van der Waals surface area contributed by atoms with Gasteiger partial charge in [-0.15, -0.1) is 34.0 Å². The van der Waals surface area contributed by atoms with E-state index in [1.54, 1.807) is 14.2 Å². The fourth-order valence-corrected chi connectivity index (χ4v) is 8.43. The predicted molar refractivity (Wildman–Crippen MR) is 304 cm³/mol. The Bertz CT molecular complexity index is 3110. The number of para-hydroxylation sites is 1. The topological polar surface area (TPSA) is 103 Å². The minimum absolute atomic E-state index is 0. The Hall–Kier alpha value is -6.10. The van der Waals surface area contributed by atoms with Crippen LogP contribution in [0.15, 0.2) is 174 Å². The Morgan fingerprint density at radius 2 is 0.808 bits per heavy atom. The van der Waals surface area contributed by atoms with Gasteiger partial charge >= 0.3 is 0 Å². The Kier molecular flexibility index (Phi) is 24.3. The van der Waals surface area contributed by atoms with E-state index in [0.717, 1.165) is 55.9 Å². The van der Waals surface area contributed by atoms with Crippen molar-refractivity contribution < 1.29 is 53.2 Å². The maximum atomic E-state index is 13.8. The molecule has 0 aliphatic carbocycles. The zero-order chi connectivity index (χ0) is 49.0. The Morgan fingerprint density at radius 1 is 0.479 bits per heavy atom. The molecule has 2 heterocycles. The molecule has 381 valence electrons. The van der Waals surface area contributed by atoms with Crippen LogP contribution in [0.1, 0.15) is 88.1 Å². The molecule has 8 nitrogen and oxygen atoms in total. The number of benzene rings is 6. The van der Waals surface area contributed by atoms with Crippen LogP contribution in [-0.4, -0.2) is 48.2 Å². The van der Waals surface area contributed by atoms with E-state index < -0.39 is 0 Å². The molecule has 0 bridgehead atoms. The largest absolute Gasteiger partial charge is 0.481 e. The van der Waals surface area contributed by atoms with Crippen molar-refractivity contribution in [2.75, 3.05) is 14.2 Å². The van der Waals surface area contributed by atoms with E-state index in [2.05, 4.69) is 69.9 Å². The Balaban J connectivity index is 0.000000366. The molecule has 12 heteroatoms. The first-order valence-corrected chi connectivity index (χ1v) is 23.2. The number of hydrogen-bond donors (Lipinski definition) is 0. The fraction of sp³-hybridized carbons (Fsp3) is 0.180. The van der Waals surface area contributed by atoms with E-state index in [-0.39, 0.29) is 91.5 Å². The molecule has 0 fully saturated rings. The second-order valence-corrected chi connectivity index (χ2v) is 17.4. The molecule has 2 aromatic heterocycles. The van der Waals surface area contributed by atoms with Gasteiger partial charge in [0.1, 0.15) is 0 Å². The number of methoxy groups -OCH3 is 2.